The topological polar surface area (TPSA) is 237 Å². The van der Waals surface area contributed by atoms with Crippen LogP contribution in [0.2, 0.25) is 0 Å². The highest BCUT2D eigenvalue weighted by Gasteiger charge is 2.30. The van der Waals surface area contributed by atoms with E-state index in [1.165, 1.54) is 257 Å². The molecule has 0 aromatic heterocycles. The molecule has 0 aliphatic heterocycles. The lowest BCUT2D eigenvalue weighted by molar-refractivity contribution is -0.161. The summed E-state index contributed by atoms with van der Waals surface area (Å²) in [5, 5.41) is 10.7. The number of rotatable bonds is 82. The summed E-state index contributed by atoms with van der Waals surface area (Å²) < 4.78 is 68.8. The molecule has 0 heterocycles. The molecule has 19 heteroatoms. The van der Waals surface area contributed by atoms with Crippen LogP contribution in [0.1, 0.15) is 440 Å². The number of phosphoric acid groups is 2. The van der Waals surface area contributed by atoms with Gasteiger partial charge in [0, 0.05) is 25.7 Å². The monoisotopic (exact) mass is 1490 g/mol. The third kappa shape index (κ3) is 74.9. The van der Waals surface area contributed by atoms with E-state index < -0.39 is 97.5 Å². The summed E-state index contributed by atoms with van der Waals surface area (Å²) in [4.78, 5) is 73.1. The zero-order valence-corrected chi connectivity index (χ0v) is 68.7. The van der Waals surface area contributed by atoms with Crippen molar-refractivity contribution in [2.75, 3.05) is 39.6 Å². The van der Waals surface area contributed by atoms with Gasteiger partial charge in [0.1, 0.15) is 19.3 Å². The van der Waals surface area contributed by atoms with E-state index in [-0.39, 0.29) is 25.7 Å². The maximum absolute atomic E-state index is 13.1. The minimum Gasteiger partial charge on any atom is -0.462 e. The number of phosphoric ester groups is 2. The molecule has 17 nitrogen and oxygen atoms in total. The second-order valence-corrected chi connectivity index (χ2v) is 33.5. The number of aliphatic hydroxyl groups excluding tert-OH is 1. The van der Waals surface area contributed by atoms with Gasteiger partial charge in [-0.25, -0.2) is 9.13 Å². The van der Waals surface area contributed by atoms with Crippen LogP contribution >= 0.6 is 15.6 Å². The van der Waals surface area contributed by atoms with Gasteiger partial charge in [-0.1, -0.05) is 388 Å². The van der Waals surface area contributed by atoms with Crippen LogP contribution in [0, 0.1) is 11.8 Å². The first-order chi connectivity index (χ1) is 49.4. The van der Waals surface area contributed by atoms with Crippen molar-refractivity contribution in [1.82, 2.24) is 0 Å². The van der Waals surface area contributed by atoms with E-state index in [1.54, 1.807) is 0 Å². The molecule has 3 unspecified atom stereocenters. The number of carbonyl (C=O) groups excluding carboxylic acids is 4. The largest absolute Gasteiger partial charge is 0.472 e. The number of aliphatic hydroxyl groups is 1. The fourth-order valence-corrected chi connectivity index (χ4v) is 14.4. The van der Waals surface area contributed by atoms with Gasteiger partial charge in [0.15, 0.2) is 12.2 Å². The zero-order chi connectivity index (χ0) is 74.9. The molecule has 3 N–H and O–H groups in total. The van der Waals surface area contributed by atoms with Gasteiger partial charge in [-0.3, -0.25) is 37.3 Å². The maximum atomic E-state index is 13.1. The van der Waals surface area contributed by atoms with E-state index in [4.69, 9.17) is 37.0 Å². The van der Waals surface area contributed by atoms with E-state index in [1.807, 2.05) is 0 Å². The van der Waals surface area contributed by atoms with Gasteiger partial charge < -0.3 is 33.8 Å². The molecule has 0 radical (unpaired) electrons. The molecule has 0 spiro atoms. The van der Waals surface area contributed by atoms with Gasteiger partial charge in [-0.15, -0.1) is 0 Å². The van der Waals surface area contributed by atoms with Crippen LogP contribution in [0.15, 0.2) is 0 Å². The number of ether oxygens (including phenoxy) is 4. The van der Waals surface area contributed by atoms with Crippen LogP contribution in [0.5, 0.6) is 0 Å². The van der Waals surface area contributed by atoms with Crippen molar-refractivity contribution in [3.8, 4) is 0 Å². The highest BCUT2D eigenvalue weighted by molar-refractivity contribution is 7.47. The Labute approximate surface area is 626 Å². The summed E-state index contributed by atoms with van der Waals surface area (Å²) in [5.74, 6) is -0.614. The second kappa shape index (κ2) is 74.5. The van der Waals surface area contributed by atoms with E-state index >= 15 is 0 Å². The first kappa shape index (κ1) is 100. The predicted octanol–water partition coefficient (Wildman–Crippen LogP) is 25.1. The number of hydrogen-bond acceptors (Lipinski definition) is 15. The Balaban J connectivity index is 5.23. The highest BCUT2D eigenvalue weighted by atomic mass is 31.2. The zero-order valence-electron chi connectivity index (χ0n) is 66.9. The summed E-state index contributed by atoms with van der Waals surface area (Å²) in [5.41, 5.74) is 0. The molecular weight excluding hydrogens is 1330 g/mol. The first-order valence-electron chi connectivity index (χ1n) is 43.0. The van der Waals surface area contributed by atoms with Crippen molar-refractivity contribution < 1.29 is 80.2 Å². The lowest BCUT2D eigenvalue weighted by Crippen LogP contribution is -2.30. The fraction of sp³-hybridized carbons (Fsp3) is 0.952. The molecule has 0 aliphatic rings. The Morgan fingerprint density at radius 1 is 0.284 bits per heavy atom. The molecule has 0 saturated carbocycles. The molecular formula is C83H162O17P2. The van der Waals surface area contributed by atoms with Crippen LogP contribution in [-0.2, 0) is 65.4 Å². The van der Waals surface area contributed by atoms with Crippen LogP contribution in [0.25, 0.3) is 0 Å². The van der Waals surface area contributed by atoms with Crippen LogP contribution in [0.3, 0.4) is 0 Å². The molecule has 0 saturated heterocycles. The van der Waals surface area contributed by atoms with E-state index in [0.29, 0.717) is 25.7 Å². The molecule has 0 aromatic carbocycles. The molecule has 6 atom stereocenters. The standard InChI is InChI=1S/C83H162O17P2/c1-7-10-12-14-16-18-20-22-24-26-28-30-32-34-36-38-40-49-55-61-67-82(87)99-78(71-93-80(85)65-59-53-47-39-37-35-33-31-29-27-25-23-21-19-17-15-13-11-8-2)73-97-101(89,90)95-69-77(84)70-96-102(91,92)98-74-79(72-94-81(86)66-60-54-48-43-41-45-51-57-63-75(4)5)100-83(88)68-62-56-50-44-42-46-52-58-64-76(6)9-3/h75-79,84H,7-74H2,1-6H3,(H,89,90)(H,91,92)/t76?,77-,78-,79-/m1/s1. The minimum absolute atomic E-state index is 0.105. The molecule has 0 aliphatic carbocycles. The molecule has 606 valence electrons. The quantitative estimate of drug-likeness (QED) is 0.0222. The summed E-state index contributed by atoms with van der Waals surface area (Å²) in [7, 11) is -9.92. The average molecular weight is 1490 g/mol. The van der Waals surface area contributed by atoms with E-state index in [2.05, 4.69) is 41.5 Å². The summed E-state index contributed by atoms with van der Waals surface area (Å²) >= 11 is 0. The van der Waals surface area contributed by atoms with Crippen molar-refractivity contribution in [3.63, 3.8) is 0 Å². The van der Waals surface area contributed by atoms with Crippen molar-refractivity contribution in [2.24, 2.45) is 11.8 Å². The smallest absolute Gasteiger partial charge is 0.462 e. The number of carbonyl (C=O) groups is 4. The molecule has 102 heavy (non-hydrogen) atoms. The number of unbranched alkanes of at least 4 members (excludes halogenated alkanes) is 51. The Bertz CT molecular complexity index is 1960. The molecule has 0 rings (SSSR count). The van der Waals surface area contributed by atoms with Crippen molar-refractivity contribution >= 4 is 39.5 Å². The second-order valence-electron chi connectivity index (χ2n) is 30.6. The third-order valence-electron chi connectivity index (χ3n) is 19.8. The van der Waals surface area contributed by atoms with Crippen molar-refractivity contribution in [1.29, 1.82) is 0 Å². The molecule has 0 amide bonds. The van der Waals surface area contributed by atoms with Gasteiger partial charge in [-0.05, 0) is 37.5 Å². The normalized spacial score (nSPS) is 14.1. The van der Waals surface area contributed by atoms with Gasteiger partial charge in [0.2, 0.25) is 0 Å². The third-order valence-corrected chi connectivity index (χ3v) is 21.7. The number of hydrogen-bond donors (Lipinski definition) is 3. The van der Waals surface area contributed by atoms with Gasteiger partial charge >= 0.3 is 39.5 Å². The Hall–Kier alpha value is -1.94. The van der Waals surface area contributed by atoms with Crippen LogP contribution < -0.4 is 0 Å². The van der Waals surface area contributed by atoms with Crippen LogP contribution in [-0.4, -0.2) is 96.7 Å². The van der Waals surface area contributed by atoms with Crippen LogP contribution in [0.4, 0.5) is 0 Å². The predicted molar refractivity (Wildman–Crippen MR) is 418 cm³/mol. The molecule has 0 bridgehead atoms. The lowest BCUT2D eigenvalue weighted by atomic mass is 9.99. The van der Waals surface area contributed by atoms with E-state index in [9.17, 15) is 43.2 Å². The van der Waals surface area contributed by atoms with E-state index in [0.717, 1.165) is 102 Å². The SMILES string of the molecule is CCCCCCCCCCCCCCCCCCCCCCC(=O)O[C@H](COC(=O)CCCCCCCCCCCCCCCCCCCCC)COP(=O)(O)OC[C@@H](O)COP(=O)(O)OC[C@@H](COC(=O)CCCCCCCCCCC(C)C)OC(=O)CCCCCCCCCCC(C)CC. The van der Waals surface area contributed by atoms with Crippen molar-refractivity contribution in [2.45, 2.75) is 458 Å². The Morgan fingerprint density at radius 3 is 0.745 bits per heavy atom. The molecule has 0 fully saturated rings. The average Bonchev–Trinajstić information content (AvgIpc) is 0.919. The highest BCUT2D eigenvalue weighted by Crippen LogP contribution is 2.45. The minimum atomic E-state index is -4.96. The fourth-order valence-electron chi connectivity index (χ4n) is 12.9. The van der Waals surface area contributed by atoms with Gasteiger partial charge in [-0.2, -0.15) is 0 Å². The summed E-state index contributed by atoms with van der Waals surface area (Å²) in [6, 6.07) is 0. The first-order valence-corrected chi connectivity index (χ1v) is 46.0. The summed E-state index contributed by atoms with van der Waals surface area (Å²) in [6.07, 6.45) is 65.4. The number of esters is 4. The lowest BCUT2D eigenvalue weighted by Gasteiger charge is -2.21. The maximum Gasteiger partial charge on any atom is 0.472 e. The van der Waals surface area contributed by atoms with Gasteiger partial charge in [0.25, 0.3) is 0 Å². The van der Waals surface area contributed by atoms with Gasteiger partial charge in [0.05, 0.1) is 26.4 Å². The van der Waals surface area contributed by atoms with Crippen molar-refractivity contribution in [3.05, 3.63) is 0 Å². The summed E-state index contributed by atoms with van der Waals surface area (Å²) in [6.45, 7) is 9.60. The Kier molecular flexibility index (Phi) is 73.1. The molecule has 0 aromatic rings. The Morgan fingerprint density at radius 2 is 0.500 bits per heavy atom.